The molecule has 0 bridgehead atoms. The van der Waals surface area contributed by atoms with E-state index in [2.05, 4.69) is 6.58 Å². The molecule has 0 saturated heterocycles. The van der Waals surface area contributed by atoms with Crippen LogP contribution in [-0.4, -0.2) is 20.1 Å². The van der Waals surface area contributed by atoms with Gasteiger partial charge >= 0.3 is 0 Å². The molecule has 0 spiro atoms. The lowest BCUT2D eigenvalue weighted by atomic mass is 10.2. The summed E-state index contributed by atoms with van der Waals surface area (Å²) in [6.07, 6.45) is 0. The number of hydrogen-bond donors (Lipinski definition) is 1. The fraction of sp³-hybridized carbons (Fsp3) is 0.273. The summed E-state index contributed by atoms with van der Waals surface area (Å²) >= 11 is 0. The zero-order valence-electron chi connectivity index (χ0n) is 8.33. The van der Waals surface area contributed by atoms with Gasteiger partial charge in [0.25, 0.3) is 0 Å². The minimum atomic E-state index is -0.222. The van der Waals surface area contributed by atoms with Crippen molar-refractivity contribution >= 4 is 5.69 Å². The van der Waals surface area contributed by atoms with Crippen LogP contribution < -0.4 is 10.6 Å². The first-order valence-corrected chi connectivity index (χ1v) is 4.47. The Balaban J connectivity index is 2.65. The van der Waals surface area contributed by atoms with Crippen molar-refractivity contribution in [1.82, 2.24) is 0 Å². The quantitative estimate of drug-likeness (QED) is 0.740. The molecule has 3 heteroatoms. The van der Waals surface area contributed by atoms with Crippen molar-refractivity contribution in [2.45, 2.75) is 0 Å². The van der Waals surface area contributed by atoms with Gasteiger partial charge in [0.2, 0.25) is 0 Å². The molecular formula is C11H15FN2. The second-order valence-electron chi connectivity index (χ2n) is 3.29. The third-order valence-electron chi connectivity index (χ3n) is 2.02. The van der Waals surface area contributed by atoms with E-state index in [9.17, 15) is 4.39 Å². The third-order valence-corrected chi connectivity index (χ3v) is 2.02. The highest BCUT2D eigenvalue weighted by Crippen LogP contribution is 2.13. The number of rotatable bonds is 4. The third kappa shape index (κ3) is 2.85. The molecule has 0 aromatic heterocycles. The zero-order valence-corrected chi connectivity index (χ0v) is 8.33. The number of nitrogens with two attached hydrogens (primary N) is 1. The first-order valence-electron chi connectivity index (χ1n) is 4.47. The van der Waals surface area contributed by atoms with Crippen LogP contribution in [0.5, 0.6) is 0 Å². The fourth-order valence-corrected chi connectivity index (χ4v) is 1.19. The van der Waals surface area contributed by atoms with Crippen LogP contribution >= 0.6 is 0 Å². The summed E-state index contributed by atoms with van der Waals surface area (Å²) in [5.41, 5.74) is 7.35. The Hall–Kier alpha value is -1.35. The summed E-state index contributed by atoms with van der Waals surface area (Å²) in [5.74, 6) is -0.222. The highest BCUT2D eigenvalue weighted by Gasteiger charge is 2.01. The zero-order chi connectivity index (χ0) is 10.6. The molecule has 76 valence electrons. The van der Waals surface area contributed by atoms with Crippen molar-refractivity contribution in [3.8, 4) is 0 Å². The second kappa shape index (κ2) is 4.77. The van der Waals surface area contributed by atoms with E-state index in [1.54, 1.807) is 12.1 Å². The van der Waals surface area contributed by atoms with E-state index in [0.717, 1.165) is 11.3 Å². The lowest BCUT2D eigenvalue weighted by Gasteiger charge is -2.19. The smallest absolute Gasteiger partial charge is 0.123 e. The van der Waals surface area contributed by atoms with Gasteiger partial charge in [0.15, 0.2) is 0 Å². The maximum Gasteiger partial charge on any atom is 0.123 e. The second-order valence-corrected chi connectivity index (χ2v) is 3.29. The van der Waals surface area contributed by atoms with E-state index in [4.69, 9.17) is 5.73 Å². The Bertz CT molecular complexity index is 306. The van der Waals surface area contributed by atoms with E-state index in [1.165, 1.54) is 12.1 Å². The molecule has 14 heavy (non-hydrogen) atoms. The monoisotopic (exact) mass is 194 g/mol. The van der Waals surface area contributed by atoms with Crippen molar-refractivity contribution in [3.05, 3.63) is 42.2 Å². The summed E-state index contributed by atoms with van der Waals surface area (Å²) in [5, 5.41) is 0. The summed E-state index contributed by atoms with van der Waals surface area (Å²) in [6.45, 7) is 4.99. The van der Waals surface area contributed by atoms with Crippen molar-refractivity contribution in [2.24, 2.45) is 5.73 Å². The molecule has 0 heterocycles. The van der Waals surface area contributed by atoms with Gasteiger partial charge < -0.3 is 10.6 Å². The average molecular weight is 194 g/mol. The molecule has 1 aromatic rings. The standard InChI is InChI=1S/C11H15FN2/c1-9(7-13)8-14(2)11-5-3-10(12)4-6-11/h3-6H,1,7-8,13H2,2H3. The molecule has 0 aliphatic carbocycles. The number of nitrogens with zero attached hydrogens (tertiary/aromatic N) is 1. The highest BCUT2D eigenvalue weighted by atomic mass is 19.1. The molecule has 1 rings (SSSR count). The van der Waals surface area contributed by atoms with Crippen molar-refractivity contribution < 1.29 is 4.39 Å². The number of likely N-dealkylation sites (N-methyl/N-ethyl adjacent to an activating group) is 1. The molecule has 0 atom stereocenters. The number of halogens is 1. The van der Waals surface area contributed by atoms with Crippen LogP contribution in [-0.2, 0) is 0 Å². The van der Waals surface area contributed by atoms with Gasteiger partial charge in [0, 0.05) is 25.8 Å². The Kier molecular flexibility index (Phi) is 3.65. The fourth-order valence-electron chi connectivity index (χ4n) is 1.19. The molecular weight excluding hydrogens is 179 g/mol. The molecule has 0 amide bonds. The molecule has 1 aromatic carbocycles. The Morgan fingerprint density at radius 1 is 1.43 bits per heavy atom. The highest BCUT2D eigenvalue weighted by molar-refractivity contribution is 5.46. The summed E-state index contributed by atoms with van der Waals surface area (Å²) < 4.78 is 12.6. The van der Waals surface area contributed by atoms with Crippen LogP contribution in [0.4, 0.5) is 10.1 Å². The first-order chi connectivity index (χ1) is 6.63. The topological polar surface area (TPSA) is 29.3 Å². The van der Waals surface area contributed by atoms with Crippen molar-refractivity contribution in [3.63, 3.8) is 0 Å². The summed E-state index contributed by atoms with van der Waals surface area (Å²) in [4.78, 5) is 1.98. The van der Waals surface area contributed by atoms with Crippen LogP contribution in [0.15, 0.2) is 36.4 Å². The van der Waals surface area contributed by atoms with Crippen molar-refractivity contribution in [2.75, 3.05) is 25.0 Å². The van der Waals surface area contributed by atoms with Gasteiger partial charge in [-0.3, -0.25) is 0 Å². The molecule has 0 saturated carbocycles. The van der Waals surface area contributed by atoms with Gasteiger partial charge in [-0.05, 0) is 29.8 Å². The molecule has 2 nitrogen and oxygen atoms in total. The maximum atomic E-state index is 12.6. The lowest BCUT2D eigenvalue weighted by molar-refractivity contribution is 0.627. The summed E-state index contributed by atoms with van der Waals surface area (Å²) in [6, 6.07) is 6.35. The van der Waals surface area contributed by atoms with Crippen molar-refractivity contribution in [1.29, 1.82) is 0 Å². The van der Waals surface area contributed by atoms with E-state index in [1.807, 2.05) is 11.9 Å². The Labute approximate surface area is 83.8 Å². The maximum absolute atomic E-state index is 12.6. The molecule has 0 radical (unpaired) electrons. The van der Waals surface area contributed by atoms with Crippen LogP contribution in [0.3, 0.4) is 0 Å². The van der Waals surface area contributed by atoms with Crippen LogP contribution in [0.2, 0.25) is 0 Å². The minimum Gasteiger partial charge on any atom is -0.371 e. The van der Waals surface area contributed by atoms with Gasteiger partial charge in [-0.15, -0.1) is 0 Å². The molecule has 0 aliphatic heterocycles. The average Bonchev–Trinajstić information content (AvgIpc) is 2.18. The number of hydrogen-bond acceptors (Lipinski definition) is 2. The van der Waals surface area contributed by atoms with E-state index in [-0.39, 0.29) is 5.82 Å². The largest absolute Gasteiger partial charge is 0.371 e. The normalized spacial score (nSPS) is 9.93. The first kappa shape index (κ1) is 10.7. The van der Waals surface area contributed by atoms with Crippen LogP contribution in [0.25, 0.3) is 0 Å². The minimum absolute atomic E-state index is 0.222. The number of benzene rings is 1. The van der Waals surface area contributed by atoms with Gasteiger partial charge in [-0.1, -0.05) is 6.58 Å². The lowest BCUT2D eigenvalue weighted by Crippen LogP contribution is -2.22. The molecule has 0 fully saturated rings. The summed E-state index contributed by atoms with van der Waals surface area (Å²) in [7, 11) is 1.92. The van der Waals surface area contributed by atoms with Gasteiger partial charge in [-0.2, -0.15) is 0 Å². The van der Waals surface area contributed by atoms with Gasteiger partial charge in [-0.25, -0.2) is 4.39 Å². The van der Waals surface area contributed by atoms with Crippen LogP contribution in [0, 0.1) is 5.82 Å². The number of anilines is 1. The predicted octanol–water partition coefficient (Wildman–Crippen LogP) is 1.78. The predicted molar refractivity (Wildman–Crippen MR) is 57.9 cm³/mol. The molecule has 2 N–H and O–H groups in total. The SMILES string of the molecule is C=C(CN)CN(C)c1ccc(F)cc1. The van der Waals surface area contributed by atoms with Crippen LogP contribution in [0.1, 0.15) is 0 Å². The molecule has 0 unspecified atom stereocenters. The van der Waals surface area contributed by atoms with E-state index >= 15 is 0 Å². The van der Waals surface area contributed by atoms with E-state index in [0.29, 0.717) is 13.1 Å². The molecule has 0 aliphatic rings. The van der Waals surface area contributed by atoms with Gasteiger partial charge in [0.1, 0.15) is 5.82 Å². The van der Waals surface area contributed by atoms with E-state index < -0.39 is 0 Å². The Morgan fingerprint density at radius 3 is 2.50 bits per heavy atom. The van der Waals surface area contributed by atoms with Gasteiger partial charge in [0.05, 0.1) is 0 Å². The Morgan fingerprint density at radius 2 is 2.00 bits per heavy atom.